The lowest BCUT2D eigenvalue weighted by Gasteiger charge is -2.33. The number of amides is 2. The Hall–Kier alpha value is -2.39. The van der Waals surface area contributed by atoms with Gasteiger partial charge in [-0.05, 0) is 58.4 Å². The van der Waals surface area contributed by atoms with Crippen LogP contribution in [-0.4, -0.2) is 49.5 Å². The molecule has 1 N–H and O–H groups in total. The number of hydrogen-bond donors (Lipinski definition) is 1. The van der Waals surface area contributed by atoms with Crippen molar-refractivity contribution in [1.82, 2.24) is 10.2 Å². The van der Waals surface area contributed by atoms with Gasteiger partial charge in [0.25, 0.3) is 0 Å². The maximum atomic E-state index is 13.5. The van der Waals surface area contributed by atoms with Crippen LogP contribution in [0, 0.1) is 6.92 Å². The Bertz CT molecular complexity index is 1100. The number of aryl methyl sites for hydroxylation is 1. The summed E-state index contributed by atoms with van der Waals surface area (Å²) < 4.78 is 26.8. The number of sulfonamides is 1. The first kappa shape index (κ1) is 26.9. The molecule has 2 amide bonds. The topological polar surface area (TPSA) is 86.8 Å². The van der Waals surface area contributed by atoms with Gasteiger partial charge in [-0.15, -0.1) is 0 Å². The molecule has 33 heavy (non-hydrogen) atoms. The minimum Gasteiger partial charge on any atom is -0.350 e. The van der Waals surface area contributed by atoms with E-state index < -0.39 is 34.1 Å². The molecule has 0 unspecified atom stereocenters. The second kappa shape index (κ2) is 10.7. The Morgan fingerprint density at radius 3 is 2.21 bits per heavy atom. The van der Waals surface area contributed by atoms with Crippen LogP contribution in [0.5, 0.6) is 0 Å². The zero-order chi connectivity index (χ0) is 25.0. The van der Waals surface area contributed by atoms with Gasteiger partial charge >= 0.3 is 0 Å². The molecule has 0 heterocycles. The van der Waals surface area contributed by atoms with E-state index in [4.69, 9.17) is 0 Å². The monoisotopic (exact) mass is 537 g/mol. The lowest BCUT2D eigenvalue weighted by atomic mass is 10.1. The molecule has 0 radical (unpaired) electrons. The molecule has 180 valence electrons. The number of carbonyl (C=O) groups excluding carboxylic acids is 2. The average molecular weight is 539 g/mol. The Kier molecular flexibility index (Phi) is 8.70. The lowest BCUT2D eigenvalue weighted by Crippen LogP contribution is -2.54. The molecule has 2 aromatic rings. The van der Waals surface area contributed by atoms with Crippen molar-refractivity contribution in [2.45, 2.75) is 52.7 Å². The molecule has 0 aliphatic heterocycles. The maximum absolute atomic E-state index is 13.5. The molecule has 1 atom stereocenters. The minimum absolute atomic E-state index is 0.175. The van der Waals surface area contributed by atoms with Crippen LogP contribution in [0.25, 0.3) is 0 Å². The van der Waals surface area contributed by atoms with Gasteiger partial charge in [-0.2, -0.15) is 0 Å². The minimum atomic E-state index is -3.75. The van der Waals surface area contributed by atoms with Crippen LogP contribution in [0.2, 0.25) is 0 Å². The van der Waals surface area contributed by atoms with Gasteiger partial charge in [-0.1, -0.05) is 51.8 Å². The smallest absolute Gasteiger partial charge is 0.244 e. The van der Waals surface area contributed by atoms with Gasteiger partial charge in [0.1, 0.15) is 12.6 Å². The third-order valence-corrected chi connectivity index (χ3v) is 6.55. The molecule has 0 saturated heterocycles. The number of hydrogen-bond acceptors (Lipinski definition) is 4. The molecular weight excluding hydrogens is 506 g/mol. The molecule has 2 rings (SSSR count). The van der Waals surface area contributed by atoms with Crippen molar-refractivity contribution in [3.05, 3.63) is 64.1 Å². The standard InChI is InChI=1S/C24H32BrN3O4S/c1-17-10-12-19(13-11-17)15-27(18(2)23(30)26-24(3,4)5)22(29)16-28(33(6,31)32)21-9-7-8-20(25)14-21/h7-14,18H,15-16H2,1-6H3,(H,26,30)/t18-/m0/s1. The normalized spacial score (nSPS) is 12.7. The Morgan fingerprint density at radius 2 is 1.70 bits per heavy atom. The summed E-state index contributed by atoms with van der Waals surface area (Å²) >= 11 is 3.34. The number of nitrogens with zero attached hydrogens (tertiary/aromatic N) is 2. The highest BCUT2D eigenvalue weighted by Crippen LogP contribution is 2.23. The van der Waals surface area contributed by atoms with E-state index in [1.54, 1.807) is 31.2 Å². The van der Waals surface area contributed by atoms with Crippen molar-refractivity contribution >= 4 is 43.5 Å². The first-order valence-corrected chi connectivity index (χ1v) is 13.2. The molecule has 0 aliphatic rings. The Balaban J connectivity index is 2.39. The van der Waals surface area contributed by atoms with E-state index in [9.17, 15) is 18.0 Å². The Labute approximate surface area is 205 Å². The molecule has 0 spiro atoms. The summed E-state index contributed by atoms with van der Waals surface area (Å²) in [4.78, 5) is 27.8. The zero-order valence-electron chi connectivity index (χ0n) is 19.9. The summed E-state index contributed by atoms with van der Waals surface area (Å²) in [7, 11) is -3.75. The van der Waals surface area contributed by atoms with Crippen molar-refractivity contribution in [3.8, 4) is 0 Å². The second-order valence-corrected chi connectivity index (χ2v) is 12.0. The summed E-state index contributed by atoms with van der Waals surface area (Å²) in [5.41, 5.74) is 1.81. The number of rotatable bonds is 8. The highest BCUT2D eigenvalue weighted by molar-refractivity contribution is 9.10. The first-order valence-electron chi connectivity index (χ1n) is 10.6. The van der Waals surface area contributed by atoms with E-state index in [0.29, 0.717) is 10.2 Å². The summed E-state index contributed by atoms with van der Waals surface area (Å²) in [5.74, 6) is -0.783. The molecule has 0 aliphatic carbocycles. The summed E-state index contributed by atoms with van der Waals surface area (Å²) in [6.07, 6.45) is 1.06. The van der Waals surface area contributed by atoms with E-state index in [1.807, 2.05) is 52.0 Å². The number of nitrogens with one attached hydrogen (secondary N) is 1. The fourth-order valence-electron chi connectivity index (χ4n) is 3.19. The van der Waals surface area contributed by atoms with Gasteiger partial charge in [0.15, 0.2) is 0 Å². The lowest BCUT2D eigenvalue weighted by molar-refractivity contribution is -0.140. The number of halogens is 1. The molecule has 2 aromatic carbocycles. The number of carbonyl (C=O) groups is 2. The highest BCUT2D eigenvalue weighted by atomic mass is 79.9. The van der Waals surface area contributed by atoms with Crippen molar-refractivity contribution in [2.75, 3.05) is 17.1 Å². The van der Waals surface area contributed by atoms with Crippen LogP contribution in [0.15, 0.2) is 53.0 Å². The van der Waals surface area contributed by atoms with Crippen molar-refractivity contribution < 1.29 is 18.0 Å². The predicted octanol–water partition coefficient (Wildman–Crippen LogP) is 3.86. The SMILES string of the molecule is Cc1ccc(CN(C(=O)CN(c2cccc(Br)c2)S(C)(=O)=O)[C@@H](C)C(=O)NC(C)(C)C)cc1. The van der Waals surface area contributed by atoms with E-state index in [0.717, 1.165) is 21.7 Å². The summed E-state index contributed by atoms with van der Waals surface area (Å²) in [6, 6.07) is 13.6. The van der Waals surface area contributed by atoms with Crippen LogP contribution in [0.3, 0.4) is 0 Å². The Morgan fingerprint density at radius 1 is 1.09 bits per heavy atom. The summed E-state index contributed by atoms with van der Waals surface area (Å²) in [5, 5.41) is 2.90. The van der Waals surface area contributed by atoms with Crippen molar-refractivity contribution in [1.29, 1.82) is 0 Å². The van der Waals surface area contributed by atoms with E-state index in [2.05, 4.69) is 21.2 Å². The van der Waals surface area contributed by atoms with E-state index >= 15 is 0 Å². The molecule has 0 fully saturated rings. The molecular formula is C24H32BrN3O4S. The van der Waals surface area contributed by atoms with Gasteiger partial charge in [-0.3, -0.25) is 13.9 Å². The van der Waals surface area contributed by atoms with Crippen LogP contribution >= 0.6 is 15.9 Å². The third kappa shape index (κ3) is 8.16. The quantitative estimate of drug-likeness (QED) is 0.553. The van der Waals surface area contributed by atoms with E-state index in [-0.39, 0.29) is 12.5 Å². The first-order chi connectivity index (χ1) is 15.2. The van der Waals surface area contributed by atoms with Gasteiger partial charge in [0, 0.05) is 16.6 Å². The van der Waals surface area contributed by atoms with Crippen LogP contribution in [0.1, 0.15) is 38.8 Å². The molecule has 7 nitrogen and oxygen atoms in total. The van der Waals surface area contributed by atoms with Crippen LogP contribution in [0.4, 0.5) is 5.69 Å². The highest BCUT2D eigenvalue weighted by Gasteiger charge is 2.31. The number of anilines is 1. The largest absolute Gasteiger partial charge is 0.350 e. The summed E-state index contributed by atoms with van der Waals surface area (Å²) in [6.45, 7) is 8.96. The predicted molar refractivity (Wildman–Crippen MR) is 135 cm³/mol. The molecule has 0 saturated carbocycles. The average Bonchev–Trinajstić information content (AvgIpc) is 2.68. The second-order valence-electron chi connectivity index (χ2n) is 9.17. The van der Waals surface area contributed by atoms with Crippen molar-refractivity contribution in [3.63, 3.8) is 0 Å². The molecule has 0 bridgehead atoms. The van der Waals surface area contributed by atoms with Gasteiger partial charge in [0.2, 0.25) is 21.8 Å². The third-order valence-electron chi connectivity index (χ3n) is 4.91. The van der Waals surface area contributed by atoms with E-state index in [1.165, 1.54) is 4.90 Å². The zero-order valence-corrected chi connectivity index (χ0v) is 22.3. The maximum Gasteiger partial charge on any atom is 0.244 e. The van der Waals surface area contributed by atoms with Gasteiger partial charge in [0.05, 0.1) is 11.9 Å². The van der Waals surface area contributed by atoms with Gasteiger partial charge in [-0.25, -0.2) is 8.42 Å². The fourth-order valence-corrected chi connectivity index (χ4v) is 4.42. The number of benzene rings is 2. The van der Waals surface area contributed by atoms with Gasteiger partial charge < -0.3 is 10.2 Å². The van der Waals surface area contributed by atoms with Crippen LogP contribution < -0.4 is 9.62 Å². The van der Waals surface area contributed by atoms with Crippen LogP contribution in [-0.2, 0) is 26.2 Å². The fraction of sp³-hybridized carbons (Fsp3) is 0.417. The van der Waals surface area contributed by atoms with Crippen molar-refractivity contribution in [2.24, 2.45) is 0 Å². The molecule has 9 heteroatoms. The molecule has 0 aromatic heterocycles.